The molecular formula is C14H28N2O2. The molecular weight excluding hydrogens is 228 g/mol. The highest BCUT2D eigenvalue weighted by molar-refractivity contribution is 5.78. The van der Waals surface area contributed by atoms with Gasteiger partial charge in [-0.1, -0.05) is 13.8 Å². The van der Waals surface area contributed by atoms with Crippen molar-refractivity contribution < 1.29 is 9.90 Å². The number of carboxylic acids is 1. The van der Waals surface area contributed by atoms with E-state index in [4.69, 9.17) is 0 Å². The van der Waals surface area contributed by atoms with Crippen molar-refractivity contribution in [3.63, 3.8) is 0 Å². The van der Waals surface area contributed by atoms with Gasteiger partial charge in [0.25, 0.3) is 0 Å². The fourth-order valence-corrected chi connectivity index (χ4v) is 2.24. The molecule has 0 bridgehead atoms. The Balaban J connectivity index is 2.46. The lowest BCUT2D eigenvalue weighted by atomic mass is 9.97. The molecule has 1 rings (SSSR count). The zero-order chi connectivity index (χ0) is 13.6. The number of carboxylic acid groups (broad SMARTS) is 1. The summed E-state index contributed by atoms with van der Waals surface area (Å²) in [4.78, 5) is 13.9. The number of nitrogens with one attached hydrogen (secondary N) is 1. The third-order valence-corrected chi connectivity index (χ3v) is 3.71. The minimum absolute atomic E-state index is 0.679. The monoisotopic (exact) mass is 256 g/mol. The Morgan fingerprint density at radius 2 is 2.00 bits per heavy atom. The molecule has 1 saturated carbocycles. The van der Waals surface area contributed by atoms with Gasteiger partial charge in [-0.2, -0.15) is 0 Å². The van der Waals surface area contributed by atoms with Gasteiger partial charge < -0.3 is 15.3 Å². The maximum atomic E-state index is 11.4. The maximum Gasteiger partial charge on any atom is 0.323 e. The van der Waals surface area contributed by atoms with Gasteiger partial charge in [-0.25, -0.2) is 0 Å². The summed E-state index contributed by atoms with van der Waals surface area (Å²) >= 11 is 0. The average Bonchev–Trinajstić information content (AvgIpc) is 3.15. The highest BCUT2D eigenvalue weighted by Gasteiger charge is 2.35. The van der Waals surface area contributed by atoms with Crippen LogP contribution in [0.4, 0.5) is 0 Å². The van der Waals surface area contributed by atoms with E-state index in [1.807, 2.05) is 6.92 Å². The summed E-state index contributed by atoms with van der Waals surface area (Å²) in [5.74, 6) is -0.733. The number of aliphatic carboxylic acids is 1. The molecule has 0 aromatic rings. The first-order valence-corrected chi connectivity index (χ1v) is 7.26. The van der Waals surface area contributed by atoms with E-state index in [9.17, 15) is 9.90 Å². The zero-order valence-corrected chi connectivity index (χ0v) is 12.0. The van der Waals surface area contributed by atoms with Gasteiger partial charge in [0, 0.05) is 12.6 Å². The average molecular weight is 256 g/mol. The number of hydrogen-bond acceptors (Lipinski definition) is 3. The van der Waals surface area contributed by atoms with Gasteiger partial charge in [-0.05, 0) is 52.1 Å². The van der Waals surface area contributed by atoms with Crippen LogP contribution in [0.15, 0.2) is 0 Å². The highest BCUT2D eigenvalue weighted by Crippen LogP contribution is 2.27. The minimum Gasteiger partial charge on any atom is -0.480 e. The smallest absolute Gasteiger partial charge is 0.323 e. The van der Waals surface area contributed by atoms with Crippen molar-refractivity contribution in [2.75, 3.05) is 19.6 Å². The number of carbonyl (C=O) groups is 1. The molecule has 0 aromatic carbocycles. The lowest BCUT2D eigenvalue weighted by Crippen LogP contribution is -2.51. The zero-order valence-electron chi connectivity index (χ0n) is 12.0. The predicted molar refractivity (Wildman–Crippen MR) is 73.8 cm³/mol. The van der Waals surface area contributed by atoms with Crippen LogP contribution in [-0.4, -0.2) is 47.2 Å². The predicted octanol–water partition coefficient (Wildman–Crippen LogP) is 2.09. The van der Waals surface area contributed by atoms with Crippen LogP contribution in [0.3, 0.4) is 0 Å². The minimum atomic E-state index is -0.781. The second-order valence-electron chi connectivity index (χ2n) is 5.58. The summed E-state index contributed by atoms with van der Waals surface area (Å²) in [7, 11) is 0. The molecule has 0 aromatic heterocycles. The van der Waals surface area contributed by atoms with E-state index >= 15 is 0 Å². The van der Waals surface area contributed by atoms with E-state index in [-0.39, 0.29) is 0 Å². The van der Waals surface area contributed by atoms with Crippen LogP contribution in [0, 0.1) is 0 Å². The van der Waals surface area contributed by atoms with Crippen LogP contribution in [0.25, 0.3) is 0 Å². The Hall–Kier alpha value is -0.610. The Labute approximate surface area is 111 Å². The summed E-state index contributed by atoms with van der Waals surface area (Å²) in [6.45, 7) is 8.79. The molecule has 0 aliphatic heterocycles. The molecule has 2 N–H and O–H groups in total. The molecule has 0 amide bonds. The van der Waals surface area contributed by atoms with E-state index in [0.717, 1.165) is 32.5 Å². The van der Waals surface area contributed by atoms with Crippen molar-refractivity contribution >= 4 is 5.97 Å². The Morgan fingerprint density at radius 1 is 1.33 bits per heavy atom. The molecule has 0 spiro atoms. The molecule has 1 atom stereocenters. The molecule has 0 saturated heterocycles. The van der Waals surface area contributed by atoms with Crippen molar-refractivity contribution in [2.24, 2.45) is 0 Å². The van der Waals surface area contributed by atoms with E-state index in [1.54, 1.807) is 0 Å². The lowest BCUT2D eigenvalue weighted by Gasteiger charge is -2.30. The van der Waals surface area contributed by atoms with Gasteiger partial charge >= 0.3 is 5.97 Å². The summed E-state index contributed by atoms with van der Waals surface area (Å²) in [5.41, 5.74) is -0.781. The van der Waals surface area contributed by atoms with Gasteiger partial charge in [0.05, 0.1) is 0 Å². The van der Waals surface area contributed by atoms with Crippen molar-refractivity contribution in [1.82, 2.24) is 10.2 Å². The number of rotatable bonds is 10. The molecule has 4 nitrogen and oxygen atoms in total. The largest absolute Gasteiger partial charge is 0.480 e. The molecule has 1 unspecified atom stereocenters. The highest BCUT2D eigenvalue weighted by atomic mass is 16.4. The van der Waals surface area contributed by atoms with Crippen LogP contribution in [0.2, 0.25) is 0 Å². The van der Waals surface area contributed by atoms with Gasteiger partial charge in [0.1, 0.15) is 5.54 Å². The Kier molecular flexibility index (Phi) is 6.09. The van der Waals surface area contributed by atoms with E-state index in [0.29, 0.717) is 12.5 Å². The van der Waals surface area contributed by atoms with E-state index in [1.165, 1.54) is 12.8 Å². The van der Waals surface area contributed by atoms with E-state index in [2.05, 4.69) is 24.1 Å². The Morgan fingerprint density at radius 3 is 2.44 bits per heavy atom. The van der Waals surface area contributed by atoms with Crippen LogP contribution in [0.1, 0.15) is 52.9 Å². The van der Waals surface area contributed by atoms with Gasteiger partial charge in [-0.15, -0.1) is 0 Å². The normalized spacial score (nSPS) is 18.9. The number of hydrogen-bond donors (Lipinski definition) is 2. The number of nitrogens with zero attached hydrogens (tertiary/aromatic N) is 1. The van der Waals surface area contributed by atoms with E-state index < -0.39 is 11.5 Å². The van der Waals surface area contributed by atoms with Crippen LogP contribution in [0.5, 0.6) is 0 Å². The fourth-order valence-electron chi connectivity index (χ4n) is 2.24. The molecule has 18 heavy (non-hydrogen) atoms. The first kappa shape index (κ1) is 15.4. The van der Waals surface area contributed by atoms with Gasteiger partial charge in [0.15, 0.2) is 0 Å². The third kappa shape index (κ3) is 4.58. The SMILES string of the molecule is CCCNC(C)(CCN(CCC)C1CC1)C(=O)O. The third-order valence-electron chi connectivity index (χ3n) is 3.71. The van der Waals surface area contributed by atoms with Crippen molar-refractivity contribution in [2.45, 2.75) is 64.5 Å². The molecule has 0 radical (unpaired) electrons. The molecule has 0 heterocycles. The van der Waals surface area contributed by atoms with Crippen molar-refractivity contribution in [1.29, 1.82) is 0 Å². The quantitative estimate of drug-likeness (QED) is 0.628. The van der Waals surface area contributed by atoms with Crippen LogP contribution < -0.4 is 5.32 Å². The summed E-state index contributed by atoms with van der Waals surface area (Å²) < 4.78 is 0. The second kappa shape index (κ2) is 7.10. The van der Waals surface area contributed by atoms with Crippen LogP contribution in [-0.2, 0) is 4.79 Å². The lowest BCUT2D eigenvalue weighted by molar-refractivity contribution is -0.144. The van der Waals surface area contributed by atoms with Gasteiger partial charge in [-0.3, -0.25) is 4.79 Å². The first-order valence-electron chi connectivity index (χ1n) is 7.26. The standard InChI is InChI=1S/C14H28N2O2/c1-4-9-15-14(3,13(17)18)8-11-16(10-5-2)12-6-7-12/h12,15H,4-11H2,1-3H3,(H,17,18). The first-order chi connectivity index (χ1) is 8.53. The molecule has 4 heteroatoms. The van der Waals surface area contributed by atoms with Crippen LogP contribution >= 0.6 is 0 Å². The van der Waals surface area contributed by atoms with Crippen molar-refractivity contribution in [3.05, 3.63) is 0 Å². The maximum absolute atomic E-state index is 11.4. The summed E-state index contributed by atoms with van der Waals surface area (Å²) in [5, 5.41) is 12.6. The van der Waals surface area contributed by atoms with Gasteiger partial charge in [0.2, 0.25) is 0 Å². The second-order valence-corrected chi connectivity index (χ2v) is 5.58. The summed E-state index contributed by atoms with van der Waals surface area (Å²) in [6, 6.07) is 0.717. The molecule has 106 valence electrons. The molecule has 1 aliphatic rings. The molecule has 1 aliphatic carbocycles. The Bertz CT molecular complexity index is 267. The fraction of sp³-hybridized carbons (Fsp3) is 0.929. The summed E-state index contributed by atoms with van der Waals surface area (Å²) in [6.07, 6.45) is 5.35. The van der Waals surface area contributed by atoms with Crippen molar-refractivity contribution in [3.8, 4) is 0 Å². The topological polar surface area (TPSA) is 52.6 Å². The molecule has 1 fully saturated rings.